The van der Waals surface area contributed by atoms with E-state index in [1.807, 2.05) is 92.7 Å². The first-order chi connectivity index (χ1) is 18.9. The molecular formula is C30H35N7O2. The Balaban J connectivity index is 1.25. The van der Waals surface area contributed by atoms with E-state index in [0.717, 1.165) is 48.7 Å². The first kappa shape index (κ1) is 26.2. The number of nitrogen functional groups attached to an aromatic ring is 1. The van der Waals surface area contributed by atoms with Crippen molar-refractivity contribution in [2.75, 3.05) is 36.8 Å². The fourth-order valence-electron chi connectivity index (χ4n) is 4.97. The molecule has 1 fully saturated rings. The van der Waals surface area contributed by atoms with Crippen molar-refractivity contribution in [2.45, 2.75) is 32.5 Å². The van der Waals surface area contributed by atoms with E-state index in [0.29, 0.717) is 12.2 Å². The van der Waals surface area contributed by atoms with Crippen molar-refractivity contribution >= 4 is 17.3 Å². The van der Waals surface area contributed by atoms with Crippen LogP contribution >= 0.6 is 0 Å². The van der Waals surface area contributed by atoms with E-state index in [1.165, 1.54) is 4.68 Å². The number of nitrogens with zero attached hydrogens (tertiary/aromatic N) is 5. The molecule has 1 saturated heterocycles. The van der Waals surface area contributed by atoms with Crippen LogP contribution in [0.1, 0.15) is 37.1 Å². The minimum Gasteiger partial charge on any atom is -0.399 e. The van der Waals surface area contributed by atoms with Crippen LogP contribution < -0.4 is 21.6 Å². The molecule has 5 rings (SSSR count). The van der Waals surface area contributed by atoms with Crippen LogP contribution in [0.5, 0.6) is 0 Å². The molecule has 0 aliphatic carbocycles. The molecule has 0 bridgehead atoms. The van der Waals surface area contributed by atoms with Crippen LogP contribution in [0.15, 0.2) is 90.0 Å². The second-order valence-electron chi connectivity index (χ2n) is 10.1. The van der Waals surface area contributed by atoms with Crippen molar-refractivity contribution in [1.29, 1.82) is 0 Å². The Hall–Kier alpha value is -4.37. The van der Waals surface area contributed by atoms with Gasteiger partial charge in [0.05, 0.1) is 5.69 Å². The summed E-state index contributed by atoms with van der Waals surface area (Å²) >= 11 is 0. The fourth-order valence-corrected chi connectivity index (χ4v) is 4.97. The van der Waals surface area contributed by atoms with Crippen molar-refractivity contribution < 1.29 is 4.79 Å². The number of anilines is 2. The quantitative estimate of drug-likeness (QED) is 0.342. The third-order valence-corrected chi connectivity index (χ3v) is 7.20. The SMILES string of the molecule is CC(C)n1cnn(-c2ccc(N3CCN(C(C(=O)NCc4ccc(N)cc4)c4ccccc4)CC3)cc2)c1=O. The topological polar surface area (TPSA) is 101 Å². The summed E-state index contributed by atoms with van der Waals surface area (Å²) in [7, 11) is 0. The van der Waals surface area contributed by atoms with E-state index in [1.54, 1.807) is 10.9 Å². The summed E-state index contributed by atoms with van der Waals surface area (Å²) in [5, 5.41) is 7.39. The number of carbonyl (C=O) groups is 1. The molecule has 1 unspecified atom stereocenters. The molecule has 9 heteroatoms. The summed E-state index contributed by atoms with van der Waals surface area (Å²) in [6.07, 6.45) is 1.58. The molecule has 1 aromatic heterocycles. The molecule has 9 nitrogen and oxygen atoms in total. The maximum Gasteiger partial charge on any atom is 0.350 e. The molecule has 39 heavy (non-hydrogen) atoms. The van der Waals surface area contributed by atoms with Crippen LogP contribution in [0.3, 0.4) is 0 Å². The lowest BCUT2D eigenvalue weighted by molar-refractivity contribution is -0.127. The van der Waals surface area contributed by atoms with Crippen molar-refractivity contribution in [1.82, 2.24) is 24.6 Å². The lowest BCUT2D eigenvalue weighted by atomic mass is 10.0. The third-order valence-electron chi connectivity index (χ3n) is 7.20. The average Bonchev–Trinajstić information content (AvgIpc) is 3.35. The second kappa shape index (κ2) is 11.6. The molecule has 4 aromatic rings. The van der Waals surface area contributed by atoms with Gasteiger partial charge in [0, 0.05) is 50.1 Å². The minimum absolute atomic E-state index is 0.0119. The maximum atomic E-state index is 13.5. The molecule has 0 radical (unpaired) electrons. The van der Waals surface area contributed by atoms with Gasteiger partial charge in [-0.05, 0) is 61.4 Å². The Bertz CT molecular complexity index is 1440. The van der Waals surface area contributed by atoms with Gasteiger partial charge in [-0.3, -0.25) is 14.3 Å². The highest BCUT2D eigenvalue weighted by Crippen LogP contribution is 2.25. The number of hydrogen-bond acceptors (Lipinski definition) is 6. The number of nitrogens with two attached hydrogens (primary N) is 1. The van der Waals surface area contributed by atoms with Gasteiger partial charge >= 0.3 is 5.69 Å². The van der Waals surface area contributed by atoms with E-state index in [4.69, 9.17) is 5.73 Å². The second-order valence-corrected chi connectivity index (χ2v) is 10.1. The highest BCUT2D eigenvalue weighted by Gasteiger charge is 2.30. The van der Waals surface area contributed by atoms with Gasteiger partial charge in [0.25, 0.3) is 0 Å². The summed E-state index contributed by atoms with van der Waals surface area (Å²) < 4.78 is 3.04. The van der Waals surface area contributed by atoms with E-state index in [2.05, 4.69) is 20.2 Å². The predicted octanol–water partition coefficient (Wildman–Crippen LogP) is 3.38. The Morgan fingerprint density at radius 3 is 2.15 bits per heavy atom. The number of benzene rings is 3. The molecule has 3 N–H and O–H groups in total. The summed E-state index contributed by atoms with van der Waals surface area (Å²) in [4.78, 5) is 30.6. The summed E-state index contributed by atoms with van der Waals surface area (Å²) in [6, 6.07) is 25.1. The third kappa shape index (κ3) is 5.88. The Morgan fingerprint density at radius 2 is 1.54 bits per heavy atom. The van der Waals surface area contributed by atoms with E-state index in [-0.39, 0.29) is 23.7 Å². The average molecular weight is 526 g/mol. The minimum atomic E-state index is -0.368. The number of aromatic nitrogens is 3. The first-order valence-corrected chi connectivity index (χ1v) is 13.3. The Labute approximate surface area is 228 Å². The van der Waals surface area contributed by atoms with Gasteiger partial charge in [0.15, 0.2) is 0 Å². The molecule has 1 aliphatic rings. The molecule has 0 saturated carbocycles. The molecule has 2 heterocycles. The maximum absolute atomic E-state index is 13.5. The molecule has 1 amide bonds. The van der Waals surface area contributed by atoms with Gasteiger partial charge in [-0.15, -0.1) is 0 Å². The number of amides is 1. The van der Waals surface area contributed by atoms with Crippen LogP contribution in [-0.2, 0) is 11.3 Å². The smallest absolute Gasteiger partial charge is 0.350 e. The molecular weight excluding hydrogens is 490 g/mol. The van der Waals surface area contributed by atoms with Crippen LogP contribution in [0.4, 0.5) is 11.4 Å². The summed E-state index contributed by atoms with van der Waals surface area (Å²) in [5.41, 5.74) is 10.2. The monoisotopic (exact) mass is 525 g/mol. The predicted molar refractivity (Wildman–Crippen MR) is 154 cm³/mol. The van der Waals surface area contributed by atoms with E-state index < -0.39 is 0 Å². The van der Waals surface area contributed by atoms with Gasteiger partial charge in [0.1, 0.15) is 12.4 Å². The van der Waals surface area contributed by atoms with Gasteiger partial charge in [-0.2, -0.15) is 9.78 Å². The Kier molecular flexibility index (Phi) is 7.79. The number of hydrogen-bond donors (Lipinski definition) is 2. The fraction of sp³-hybridized carbons (Fsp3) is 0.300. The van der Waals surface area contributed by atoms with Crippen LogP contribution in [0.25, 0.3) is 5.69 Å². The largest absolute Gasteiger partial charge is 0.399 e. The van der Waals surface area contributed by atoms with Crippen molar-refractivity contribution in [2.24, 2.45) is 0 Å². The number of rotatable bonds is 8. The first-order valence-electron chi connectivity index (χ1n) is 13.3. The summed E-state index contributed by atoms with van der Waals surface area (Å²) in [5.74, 6) is -0.0119. The van der Waals surface area contributed by atoms with Gasteiger partial charge in [-0.25, -0.2) is 4.79 Å². The highest BCUT2D eigenvalue weighted by atomic mass is 16.2. The summed E-state index contributed by atoms with van der Waals surface area (Å²) in [6.45, 7) is 7.44. The van der Waals surface area contributed by atoms with Crippen LogP contribution in [0, 0.1) is 0 Å². The zero-order valence-electron chi connectivity index (χ0n) is 22.4. The number of nitrogens with one attached hydrogen (secondary N) is 1. The molecule has 3 aromatic carbocycles. The highest BCUT2D eigenvalue weighted by molar-refractivity contribution is 5.83. The molecule has 202 valence electrons. The molecule has 1 aliphatic heterocycles. The normalized spacial score (nSPS) is 14.9. The van der Waals surface area contributed by atoms with E-state index in [9.17, 15) is 9.59 Å². The number of carbonyl (C=O) groups excluding carboxylic acids is 1. The van der Waals surface area contributed by atoms with Crippen molar-refractivity contribution in [3.8, 4) is 5.69 Å². The Morgan fingerprint density at radius 1 is 0.897 bits per heavy atom. The van der Waals surface area contributed by atoms with Crippen molar-refractivity contribution in [3.63, 3.8) is 0 Å². The van der Waals surface area contributed by atoms with Crippen LogP contribution in [0.2, 0.25) is 0 Å². The number of piperazine rings is 1. The van der Waals surface area contributed by atoms with Crippen molar-refractivity contribution in [3.05, 3.63) is 107 Å². The zero-order chi connectivity index (χ0) is 27.4. The lowest BCUT2D eigenvalue weighted by Crippen LogP contribution is -2.51. The standard InChI is InChI=1S/C30H35N7O2/c1-22(2)36-21-33-37(30(36)39)27-14-12-26(13-15-27)34-16-18-35(19-17-34)28(24-6-4-3-5-7-24)29(38)32-20-23-8-10-25(31)11-9-23/h3-15,21-22,28H,16-20,31H2,1-2H3,(H,32,38). The van der Waals surface area contributed by atoms with Gasteiger partial charge < -0.3 is 16.0 Å². The van der Waals surface area contributed by atoms with Gasteiger partial charge in [-0.1, -0.05) is 42.5 Å². The molecule has 0 spiro atoms. The molecule has 1 atom stereocenters. The van der Waals surface area contributed by atoms with E-state index >= 15 is 0 Å². The van der Waals surface area contributed by atoms with Gasteiger partial charge in [0.2, 0.25) is 5.91 Å². The lowest BCUT2D eigenvalue weighted by Gasteiger charge is -2.39. The van der Waals surface area contributed by atoms with Crippen LogP contribution in [-0.4, -0.2) is 51.3 Å². The zero-order valence-corrected chi connectivity index (χ0v) is 22.4.